The Kier molecular flexibility index (Phi) is 29.6. The highest BCUT2D eigenvalue weighted by atomic mass is 16.5. The molecular weight excluding hydrogens is 612 g/mol. The Bertz CT molecular complexity index is 880. The van der Waals surface area contributed by atoms with Crippen molar-refractivity contribution in [3.63, 3.8) is 0 Å². The van der Waals surface area contributed by atoms with Crippen molar-refractivity contribution in [3.8, 4) is 0 Å². The normalized spacial score (nSPS) is 12.8. The summed E-state index contributed by atoms with van der Waals surface area (Å²) in [5.74, 6) is -1.33. The van der Waals surface area contributed by atoms with Gasteiger partial charge in [0.05, 0.1) is 31.7 Å². The molecule has 0 bridgehead atoms. The number of unbranched alkanes of at least 4 members (excludes halogenated alkanes) is 9. The molecule has 1 amide bonds. The van der Waals surface area contributed by atoms with E-state index in [-0.39, 0.29) is 68.2 Å². The van der Waals surface area contributed by atoms with Crippen molar-refractivity contribution in [2.75, 3.05) is 26.4 Å². The quantitative estimate of drug-likeness (QED) is 0.0225. The summed E-state index contributed by atoms with van der Waals surface area (Å²) >= 11 is 0. The standard InChI is InChI=1S/C37H70N4O7/c1-5-9-12-16-23-31(21-11-7-3)35(44)47-29-19-24-33(42)41-32(25-26-40-37(38)39)36(45)48-28-18-14-13-17-27-46-34(43)30(20-8-4)22-15-10-6-2/h30-32H,5-29H2,1-4H3,(H,41,42)(H4,38,39,40)/t30?,31?,32-/m0/s1. The smallest absolute Gasteiger partial charge is 0.328 e. The number of carbonyl (C=O) groups excluding carboxylic acids is 4. The minimum atomic E-state index is -0.891. The van der Waals surface area contributed by atoms with Gasteiger partial charge in [-0.15, -0.1) is 0 Å². The van der Waals surface area contributed by atoms with E-state index in [0.717, 1.165) is 103 Å². The third-order valence-electron chi connectivity index (χ3n) is 8.42. The van der Waals surface area contributed by atoms with E-state index >= 15 is 0 Å². The average Bonchev–Trinajstić information content (AvgIpc) is 3.06. The van der Waals surface area contributed by atoms with E-state index in [1.165, 1.54) is 6.42 Å². The lowest BCUT2D eigenvalue weighted by atomic mass is 9.95. The molecule has 48 heavy (non-hydrogen) atoms. The van der Waals surface area contributed by atoms with E-state index < -0.39 is 12.0 Å². The monoisotopic (exact) mass is 683 g/mol. The van der Waals surface area contributed by atoms with Crippen molar-refractivity contribution < 1.29 is 33.4 Å². The first-order chi connectivity index (χ1) is 23.2. The highest BCUT2D eigenvalue weighted by Crippen LogP contribution is 2.20. The van der Waals surface area contributed by atoms with Crippen LogP contribution in [0.3, 0.4) is 0 Å². The molecule has 0 aromatic heterocycles. The lowest BCUT2D eigenvalue weighted by Gasteiger charge is -2.18. The van der Waals surface area contributed by atoms with Gasteiger partial charge in [-0.25, -0.2) is 4.79 Å². The molecule has 0 rings (SSSR count). The second-order valence-electron chi connectivity index (χ2n) is 12.9. The second-order valence-corrected chi connectivity index (χ2v) is 12.9. The number of nitrogens with two attached hydrogens (primary N) is 2. The number of hydrogen-bond acceptors (Lipinski definition) is 8. The number of nitrogens with zero attached hydrogens (tertiary/aromatic N) is 1. The van der Waals surface area contributed by atoms with Gasteiger partial charge in [0, 0.05) is 13.0 Å². The lowest BCUT2D eigenvalue weighted by molar-refractivity contribution is -0.150. The summed E-state index contributed by atoms with van der Waals surface area (Å²) < 4.78 is 16.5. The predicted molar refractivity (Wildman–Crippen MR) is 192 cm³/mol. The maximum atomic E-state index is 12.8. The van der Waals surface area contributed by atoms with E-state index in [2.05, 4.69) is 38.0 Å². The summed E-state index contributed by atoms with van der Waals surface area (Å²) in [5, 5.41) is 2.73. The van der Waals surface area contributed by atoms with Crippen LogP contribution in [0, 0.1) is 11.8 Å². The lowest BCUT2D eigenvalue weighted by Crippen LogP contribution is -2.42. The van der Waals surface area contributed by atoms with Gasteiger partial charge in [-0.05, 0) is 64.2 Å². The third kappa shape index (κ3) is 25.2. The van der Waals surface area contributed by atoms with Gasteiger partial charge in [-0.3, -0.25) is 19.4 Å². The topological polar surface area (TPSA) is 172 Å². The number of guanidine groups is 1. The maximum Gasteiger partial charge on any atom is 0.328 e. The minimum Gasteiger partial charge on any atom is -0.465 e. The van der Waals surface area contributed by atoms with Crippen molar-refractivity contribution in [1.29, 1.82) is 0 Å². The molecule has 0 aliphatic rings. The van der Waals surface area contributed by atoms with Gasteiger partial charge >= 0.3 is 17.9 Å². The molecular formula is C37H70N4O7. The zero-order valence-electron chi connectivity index (χ0n) is 30.9. The zero-order valence-corrected chi connectivity index (χ0v) is 30.9. The number of carbonyl (C=O) groups is 4. The number of rotatable bonds is 32. The fourth-order valence-electron chi connectivity index (χ4n) is 5.50. The fraction of sp³-hybridized carbons (Fsp3) is 0.865. The summed E-state index contributed by atoms with van der Waals surface area (Å²) in [6.07, 6.45) is 18.0. The van der Waals surface area contributed by atoms with Crippen LogP contribution in [0.25, 0.3) is 0 Å². The minimum absolute atomic E-state index is 0.00287. The molecule has 11 nitrogen and oxygen atoms in total. The highest BCUT2D eigenvalue weighted by molar-refractivity contribution is 5.84. The molecule has 0 aliphatic carbocycles. The molecule has 0 saturated carbocycles. The van der Waals surface area contributed by atoms with E-state index in [1.54, 1.807) is 0 Å². The molecule has 0 aromatic rings. The number of nitrogens with one attached hydrogen (secondary N) is 1. The summed E-state index contributed by atoms with van der Waals surface area (Å²) in [6.45, 7) is 9.47. The van der Waals surface area contributed by atoms with Gasteiger partial charge in [0.25, 0.3) is 0 Å². The Morgan fingerprint density at radius 2 is 1.02 bits per heavy atom. The molecule has 5 N–H and O–H groups in total. The van der Waals surface area contributed by atoms with Crippen LogP contribution in [0.2, 0.25) is 0 Å². The van der Waals surface area contributed by atoms with Crippen LogP contribution in [0.4, 0.5) is 0 Å². The summed E-state index contributed by atoms with van der Waals surface area (Å²) in [6, 6.07) is -0.891. The van der Waals surface area contributed by atoms with E-state index in [9.17, 15) is 19.2 Å². The van der Waals surface area contributed by atoms with Crippen LogP contribution in [-0.4, -0.2) is 62.2 Å². The Morgan fingerprint density at radius 3 is 1.58 bits per heavy atom. The van der Waals surface area contributed by atoms with Gasteiger partial charge in [0.15, 0.2) is 5.96 Å². The molecule has 280 valence electrons. The summed E-state index contributed by atoms with van der Waals surface area (Å²) in [5.41, 5.74) is 10.8. The van der Waals surface area contributed by atoms with Gasteiger partial charge in [-0.1, -0.05) is 91.9 Å². The number of amides is 1. The molecule has 0 saturated heterocycles. The Morgan fingerprint density at radius 1 is 0.542 bits per heavy atom. The molecule has 0 aromatic carbocycles. The van der Waals surface area contributed by atoms with Gasteiger partial charge in [0.1, 0.15) is 6.04 Å². The van der Waals surface area contributed by atoms with Crippen LogP contribution < -0.4 is 16.8 Å². The molecule has 2 unspecified atom stereocenters. The molecule has 11 heteroatoms. The van der Waals surface area contributed by atoms with Crippen LogP contribution in [0.1, 0.15) is 163 Å². The predicted octanol–water partition coefficient (Wildman–Crippen LogP) is 6.88. The molecule has 0 heterocycles. The number of esters is 3. The first-order valence-electron chi connectivity index (χ1n) is 19.0. The van der Waals surface area contributed by atoms with Crippen molar-refractivity contribution >= 4 is 29.8 Å². The number of ether oxygens (including phenoxy) is 3. The van der Waals surface area contributed by atoms with Crippen molar-refractivity contribution in [1.82, 2.24) is 5.32 Å². The van der Waals surface area contributed by atoms with Gasteiger partial charge < -0.3 is 31.0 Å². The molecule has 0 radical (unpaired) electrons. The Labute approximate surface area is 291 Å². The van der Waals surface area contributed by atoms with Crippen LogP contribution >= 0.6 is 0 Å². The second kappa shape index (κ2) is 31.4. The Balaban J connectivity index is 4.53. The van der Waals surface area contributed by atoms with Gasteiger partial charge in [-0.2, -0.15) is 0 Å². The SMILES string of the molecule is CCCCCCC(CCCC)C(=O)OCCCC(=O)N[C@@H](CCN=C(N)N)C(=O)OCCCCCCOC(=O)C(CCC)CCCCC. The van der Waals surface area contributed by atoms with Crippen LogP contribution in [0.5, 0.6) is 0 Å². The van der Waals surface area contributed by atoms with Crippen LogP contribution in [0.15, 0.2) is 4.99 Å². The van der Waals surface area contributed by atoms with Crippen molar-refractivity contribution in [2.24, 2.45) is 28.3 Å². The average molecular weight is 683 g/mol. The number of hydrogen-bond donors (Lipinski definition) is 3. The van der Waals surface area contributed by atoms with Gasteiger partial charge in [0.2, 0.25) is 5.91 Å². The molecule has 0 spiro atoms. The van der Waals surface area contributed by atoms with Crippen molar-refractivity contribution in [3.05, 3.63) is 0 Å². The largest absolute Gasteiger partial charge is 0.465 e. The van der Waals surface area contributed by atoms with Crippen LogP contribution in [-0.2, 0) is 33.4 Å². The number of aliphatic imine (C=N–C) groups is 1. The first-order valence-corrected chi connectivity index (χ1v) is 19.0. The summed E-state index contributed by atoms with van der Waals surface area (Å²) in [4.78, 5) is 54.5. The fourth-order valence-corrected chi connectivity index (χ4v) is 5.50. The van der Waals surface area contributed by atoms with E-state index in [1.807, 2.05) is 0 Å². The molecule has 0 fully saturated rings. The van der Waals surface area contributed by atoms with E-state index in [0.29, 0.717) is 19.4 Å². The maximum absolute atomic E-state index is 12.8. The molecule has 0 aliphatic heterocycles. The van der Waals surface area contributed by atoms with E-state index in [4.69, 9.17) is 25.7 Å². The first kappa shape index (κ1) is 45.2. The third-order valence-corrected chi connectivity index (χ3v) is 8.42. The Hall–Kier alpha value is -2.85. The highest BCUT2D eigenvalue weighted by Gasteiger charge is 2.23. The summed E-state index contributed by atoms with van der Waals surface area (Å²) in [7, 11) is 0. The zero-order chi connectivity index (χ0) is 35.8. The van der Waals surface area contributed by atoms with Crippen molar-refractivity contribution in [2.45, 2.75) is 169 Å². The molecule has 3 atom stereocenters.